The van der Waals surface area contributed by atoms with Crippen molar-refractivity contribution in [2.24, 2.45) is 11.7 Å². The summed E-state index contributed by atoms with van der Waals surface area (Å²) in [6.45, 7) is 7.31. The number of carbonyl (C=O) groups excluding carboxylic acids is 1. The van der Waals surface area contributed by atoms with Crippen molar-refractivity contribution in [3.05, 3.63) is 15.6 Å². The lowest BCUT2D eigenvalue weighted by molar-refractivity contribution is 0.0747. The number of hydrogen-bond acceptors (Lipinski definition) is 5. The second-order valence-corrected chi connectivity index (χ2v) is 6.52. The molecule has 128 valence electrons. The van der Waals surface area contributed by atoms with Crippen LogP contribution in [0.1, 0.15) is 46.7 Å². The van der Waals surface area contributed by atoms with Gasteiger partial charge in [0.2, 0.25) is 0 Å². The van der Waals surface area contributed by atoms with Crippen LogP contribution in [0, 0.1) is 12.8 Å². The number of aromatic nitrogens is 1. The lowest BCUT2D eigenvalue weighted by Crippen LogP contribution is -2.34. The molecule has 0 aromatic carbocycles. The number of rotatable bonds is 4. The number of thiazole rings is 1. The SMILES string of the molecule is COC(C)c1nc(C)c(C(=O)N2CC(CN)CC2C)s1.Cl.Cl. The molecule has 3 atom stereocenters. The number of ether oxygens (including phenoxy) is 1. The van der Waals surface area contributed by atoms with E-state index in [9.17, 15) is 4.79 Å². The number of nitrogens with zero attached hydrogens (tertiary/aromatic N) is 2. The highest BCUT2D eigenvalue weighted by atomic mass is 35.5. The number of nitrogens with two attached hydrogens (primary N) is 1. The summed E-state index contributed by atoms with van der Waals surface area (Å²) in [4.78, 5) is 19.8. The van der Waals surface area contributed by atoms with Gasteiger partial charge in [-0.3, -0.25) is 4.79 Å². The molecule has 1 aromatic heterocycles. The highest BCUT2D eigenvalue weighted by Crippen LogP contribution is 2.30. The highest BCUT2D eigenvalue weighted by Gasteiger charge is 2.34. The third kappa shape index (κ3) is 4.32. The van der Waals surface area contributed by atoms with E-state index in [0.717, 1.165) is 28.5 Å². The van der Waals surface area contributed by atoms with Crippen LogP contribution in [0.5, 0.6) is 0 Å². The second-order valence-electron chi connectivity index (χ2n) is 5.49. The van der Waals surface area contributed by atoms with Crippen molar-refractivity contribution in [3.8, 4) is 0 Å². The van der Waals surface area contributed by atoms with E-state index < -0.39 is 0 Å². The largest absolute Gasteiger partial charge is 0.375 e. The van der Waals surface area contributed by atoms with Crippen molar-refractivity contribution < 1.29 is 9.53 Å². The number of likely N-dealkylation sites (tertiary alicyclic amines) is 1. The van der Waals surface area contributed by atoms with Gasteiger partial charge in [-0.05, 0) is 39.7 Å². The molecule has 0 aliphatic carbocycles. The molecular formula is C14H25Cl2N3O2S. The first-order valence-electron chi connectivity index (χ1n) is 6.99. The van der Waals surface area contributed by atoms with Crippen molar-refractivity contribution in [2.45, 2.75) is 39.3 Å². The average molecular weight is 370 g/mol. The predicted octanol–water partition coefficient (Wildman–Crippen LogP) is 2.81. The number of hydrogen-bond donors (Lipinski definition) is 1. The quantitative estimate of drug-likeness (QED) is 0.885. The molecule has 1 aliphatic rings. The summed E-state index contributed by atoms with van der Waals surface area (Å²) in [5.74, 6) is 0.498. The second kappa shape index (κ2) is 9.03. The summed E-state index contributed by atoms with van der Waals surface area (Å²) in [5, 5.41) is 0.857. The highest BCUT2D eigenvalue weighted by molar-refractivity contribution is 7.13. The van der Waals surface area contributed by atoms with E-state index in [4.69, 9.17) is 10.5 Å². The molecule has 2 heterocycles. The van der Waals surface area contributed by atoms with Crippen molar-refractivity contribution in [3.63, 3.8) is 0 Å². The summed E-state index contributed by atoms with van der Waals surface area (Å²) >= 11 is 1.44. The molecular weight excluding hydrogens is 345 g/mol. The zero-order chi connectivity index (χ0) is 14.9. The molecule has 0 spiro atoms. The smallest absolute Gasteiger partial charge is 0.266 e. The van der Waals surface area contributed by atoms with E-state index in [0.29, 0.717) is 12.5 Å². The Morgan fingerprint density at radius 3 is 2.68 bits per heavy atom. The third-order valence-electron chi connectivity index (χ3n) is 3.96. The van der Waals surface area contributed by atoms with Crippen LogP contribution < -0.4 is 5.73 Å². The van der Waals surface area contributed by atoms with Gasteiger partial charge in [0.05, 0.1) is 5.69 Å². The Bertz CT molecular complexity index is 498. The first kappa shape index (κ1) is 21.6. The minimum absolute atomic E-state index is 0. The number of methoxy groups -OCH3 is 1. The van der Waals surface area contributed by atoms with E-state index >= 15 is 0 Å². The fourth-order valence-corrected chi connectivity index (χ4v) is 3.67. The van der Waals surface area contributed by atoms with Gasteiger partial charge in [-0.25, -0.2) is 4.98 Å². The van der Waals surface area contributed by atoms with Crippen molar-refractivity contribution in [1.29, 1.82) is 0 Å². The lowest BCUT2D eigenvalue weighted by Gasteiger charge is -2.20. The number of halogens is 2. The van der Waals surface area contributed by atoms with Gasteiger partial charge >= 0.3 is 0 Å². The third-order valence-corrected chi connectivity index (χ3v) is 5.27. The molecule has 3 unspecified atom stereocenters. The first-order valence-corrected chi connectivity index (χ1v) is 7.80. The molecule has 1 fully saturated rings. The zero-order valence-corrected chi connectivity index (χ0v) is 15.8. The van der Waals surface area contributed by atoms with Crippen LogP contribution in [0.3, 0.4) is 0 Å². The molecule has 0 bridgehead atoms. The van der Waals surface area contributed by atoms with Crippen LogP contribution in [0.4, 0.5) is 0 Å². The number of amides is 1. The average Bonchev–Trinajstić information content (AvgIpc) is 3.00. The molecule has 1 saturated heterocycles. The van der Waals surface area contributed by atoms with Gasteiger partial charge in [0.15, 0.2) is 0 Å². The van der Waals surface area contributed by atoms with Crippen LogP contribution >= 0.6 is 36.2 Å². The molecule has 8 heteroatoms. The van der Waals surface area contributed by atoms with E-state index in [-0.39, 0.29) is 42.9 Å². The van der Waals surface area contributed by atoms with Crippen molar-refractivity contribution in [1.82, 2.24) is 9.88 Å². The Balaban J connectivity index is 0.00000220. The van der Waals surface area contributed by atoms with E-state index in [1.807, 2.05) is 18.7 Å². The molecule has 1 amide bonds. The van der Waals surface area contributed by atoms with Gasteiger partial charge in [-0.2, -0.15) is 0 Å². The summed E-state index contributed by atoms with van der Waals surface area (Å²) in [5.41, 5.74) is 6.52. The number of aryl methyl sites for hydroxylation is 1. The van der Waals surface area contributed by atoms with Gasteiger partial charge < -0.3 is 15.4 Å². The summed E-state index contributed by atoms with van der Waals surface area (Å²) in [7, 11) is 1.65. The van der Waals surface area contributed by atoms with Crippen LogP contribution in [0.2, 0.25) is 0 Å². The Morgan fingerprint density at radius 2 is 2.18 bits per heavy atom. The van der Waals surface area contributed by atoms with Crippen LogP contribution in [-0.4, -0.2) is 42.0 Å². The van der Waals surface area contributed by atoms with E-state index in [1.54, 1.807) is 7.11 Å². The minimum atomic E-state index is -0.0759. The van der Waals surface area contributed by atoms with Crippen LogP contribution in [0.15, 0.2) is 0 Å². The zero-order valence-electron chi connectivity index (χ0n) is 13.4. The standard InChI is InChI=1S/C14H23N3O2S.2ClH/c1-8-5-11(6-15)7-17(8)14(18)12-9(2)16-13(20-12)10(3)19-4;;/h8,10-11H,5-7,15H2,1-4H3;2*1H. The normalized spacial score (nSPS) is 22.0. The first-order chi connectivity index (χ1) is 9.47. The molecule has 2 rings (SSSR count). The van der Waals surface area contributed by atoms with E-state index in [2.05, 4.69) is 11.9 Å². The van der Waals surface area contributed by atoms with E-state index in [1.165, 1.54) is 11.3 Å². The predicted molar refractivity (Wildman–Crippen MR) is 94.4 cm³/mol. The molecule has 22 heavy (non-hydrogen) atoms. The molecule has 0 radical (unpaired) electrons. The summed E-state index contributed by atoms with van der Waals surface area (Å²) in [6.07, 6.45) is 0.912. The summed E-state index contributed by atoms with van der Waals surface area (Å²) in [6, 6.07) is 0.251. The molecule has 1 aromatic rings. The molecule has 1 aliphatic heterocycles. The van der Waals surface area contributed by atoms with Gasteiger partial charge in [0.1, 0.15) is 16.0 Å². The van der Waals surface area contributed by atoms with Crippen LogP contribution in [-0.2, 0) is 4.74 Å². The topological polar surface area (TPSA) is 68.5 Å². The minimum Gasteiger partial charge on any atom is -0.375 e. The molecule has 2 N–H and O–H groups in total. The molecule has 5 nitrogen and oxygen atoms in total. The lowest BCUT2D eigenvalue weighted by atomic mass is 10.1. The van der Waals surface area contributed by atoms with Crippen LogP contribution in [0.25, 0.3) is 0 Å². The maximum atomic E-state index is 12.7. The fourth-order valence-electron chi connectivity index (χ4n) is 2.62. The van der Waals surface area contributed by atoms with Gasteiger partial charge in [-0.1, -0.05) is 0 Å². The fraction of sp³-hybridized carbons (Fsp3) is 0.714. The maximum absolute atomic E-state index is 12.7. The Labute approximate surface area is 148 Å². The van der Waals surface area contributed by atoms with Crippen molar-refractivity contribution in [2.75, 3.05) is 20.2 Å². The Hall–Kier alpha value is -0.400. The van der Waals surface area contributed by atoms with Crippen molar-refractivity contribution >= 4 is 42.1 Å². The molecule has 0 saturated carbocycles. The summed E-state index contributed by atoms with van der Waals surface area (Å²) < 4.78 is 5.27. The Morgan fingerprint density at radius 1 is 1.55 bits per heavy atom. The van der Waals surface area contributed by atoms with Gasteiger partial charge in [-0.15, -0.1) is 36.2 Å². The van der Waals surface area contributed by atoms with Gasteiger partial charge in [0.25, 0.3) is 5.91 Å². The monoisotopic (exact) mass is 369 g/mol. The number of carbonyl (C=O) groups is 1. The Kier molecular flexibility index (Phi) is 8.87. The maximum Gasteiger partial charge on any atom is 0.266 e. The van der Waals surface area contributed by atoms with Gasteiger partial charge in [0, 0.05) is 19.7 Å².